The van der Waals surface area contributed by atoms with Crippen molar-refractivity contribution in [2.75, 3.05) is 39.8 Å². The highest BCUT2D eigenvalue weighted by atomic mass is 16.4. The molecular formula is C14H27N3O3. The van der Waals surface area contributed by atoms with E-state index in [4.69, 9.17) is 0 Å². The molecule has 0 unspecified atom stereocenters. The Bertz CT molecular complexity index is 372. The van der Waals surface area contributed by atoms with Crippen LogP contribution in [-0.2, 0) is 9.59 Å². The van der Waals surface area contributed by atoms with Gasteiger partial charge in [-0.15, -0.1) is 0 Å². The number of piperazine rings is 1. The van der Waals surface area contributed by atoms with E-state index >= 15 is 0 Å². The molecule has 1 saturated heterocycles. The number of hydrogen-bond donors (Lipinski definition) is 2. The van der Waals surface area contributed by atoms with Gasteiger partial charge in [-0.05, 0) is 34.7 Å². The molecular weight excluding hydrogens is 258 g/mol. The first-order valence-corrected chi connectivity index (χ1v) is 7.02. The SMILES string of the molecule is CN1CCN(C(=O)CNC(C)(C)C(C)(C)C(=O)O)CC1. The molecule has 20 heavy (non-hydrogen) atoms. The second-order valence-corrected chi connectivity index (χ2v) is 6.59. The van der Waals surface area contributed by atoms with Gasteiger partial charge in [-0.25, -0.2) is 0 Å². The van der Waals surface area contributed by atoms with Crippen LogP contribution < -0.4 is 5.32 Å². The van der Waals surface area contributed by atoms with Gasteiger partial charge >= 0.3 is 5.97 Å². The molecule has 1 aliphatic rings. The van der Waals surface area contributed by atoms with Crippen LogP contribution in [0.1, 0.15) is 27.7 Å². The first-order valence-electron chi connectivity index (χ1n) is 7.02. The van der Waals surface area contributed by atoms with E-state index in [0.717, 1.165) is 26.2 Å². The van der Waals surface area contributed by atoms with E-state index in [0.29, 0.717) is 0 Å². The smallest absolute Gasteiger partial charge is 0.310 e. The van der Waals surface area contributed by atoms with Crippen molar-refractivity contribution in [2.24, 2.45) is 5.41 Å². The molecule has 0 aromatic carbocycles. The summed E-state index contributed by atoms with van der Waals surface area (Å²) >= 11 is 0. The van der Waals surface area contributed by atoms with E-state index in [1.54, 1.807) is 13.8 Å². The summed E-state index contributed by atoms with van der Waals surface area (Å²) in [5.41, 5.74) is -1.61. The number of aliphatic carboxylic acids is 1. The van der Waals surface area contributed by atoms with Gasteiger partial charge < -0.3 is 20.2 Å². The molecule has 1 aliphatic heterocycles. The fourth-order valence-corrected chi connectivity index (χ4v) is 1.95. The van der Waals surface area contributed by atoms with Crippen LogP contribution in [0.15, 0.2) is 0 Å². The number of likely N-dealkylation sites (N-methyl/N-ethyl adjacent to an activating group) is 1. The molecule has 0 aliphatic carbocycles. The van der Waals surface area contributed by atoms with Gasteiger partial charge in [0.2, 0.25) is 5.91 Å². The minimum atomic E-state index is -0.949. The monoisotopic (exact) mass is 285 g/mol. The van der Waals surface area contributed by atoms with E-state index in [2.05, 4.69) is 10.2 Å². The van der Waals surface area contributed by atoms with Crippen molar-refractivity contribution in [2.45, 2.75) is 33.2 Å². The Hall–Kier alpha value is -1.14. The molecule has 6 nitrogen and oxygen atoms in total. The van der Waals surface area contributed by atoms with Crippen LogP contribution in [0.5, 0.6) is 0 Å². The number of carbonyl (C=O) groups excluding carboxylic acids is 1. The van der Waals surface area contributed by atoms with Crippen molar-refractivity contribution in [1.29, 1.82) is 0 Å². The topological polar surface area (TPSA) is 72.9 Å². The number of rotatable bonds is 5. The lowest BCUT2D eigenvalue weighted by Gasteiger charge is -2.40. The number of nitrogens with zero attached hydrogens (tertiary/aromatic N) is 2. The predicted octanol–water partition coefficient (Wildman–Crippen LogP) is 0.239. The van der Waals surface area contributed by atoms with E-state index in [1.807, 2.05) is 25.8 Å². The molecule has 0 spiro atoms. The largest absolute Gasteiger partial charge is 0.481 e. The van der Waals surface area contributed by atoms with Gasteiger partial charge in [0.15, 0.2) is 0 Å². The third-order valence-corrected chi connectivity index (χ3v) is 4.63. The van der Waals surface area contributed by atoms with Crippen molar-refractivity contribution < 1.29 is 14.7 Å². The zero-order valence-corrected chi connectivity index (χ0v) is 13.2. The third-order valence-electron chi connectivity index (χ3n) is 4.63. The number of amides is 1. The molecule has 1 heterocycles. The lowest BCUT2D eigenvalue weighted by atomic mass is 9.74. The number of carbonyl (C=O) groups is 2. The van der Waals surface area contributed by atoms with Gasteiger partial charge in [0, 0.05) is 31.7 Å². The third kappa shape index (κ3) is 3.70. The van der Waals surface area contributed by atoms with Crippen LogP contribution >= 0.6 is 0 Å². The van der Waals surface area contributed by atoms with E-state index in [9.17, 15) is 14.7 Å². The summed E-state index contributed by atoms with van der Waals surface area (Å²) in [5.74, 6) is -0.839. The lowest BCUT2D eigenvalue weighted by molar-refractivity contribution is -0.151. The minimum absolute atomic E-state index is 0.0346. The van der Waals surface area contributed by atoms with Gasteiger partial charge in [-0.2, -0.15) is 0 Å². The molecule has 0 bridgehead atoms. The van der Waals surface area contributed by atoms with Crippen LogP contribution in [0.3, 0.4) is 0 Å². The Balaban J connectivity index is 2.54. The molecule has 0 saturated carbocycles. The standard InChI is InChI=1S/C14H27N3O3/c1-13(2,12(19)20)14(3,4)15-10-11(18)17-8-6-16(5)7-9-17/h15H,6-10H2,1-5H3,(H,19,20). The maximum atomic E-state index is 12.1. The van der Waals surface area contributed by atoms with Crippen LogP contribution in [0.2, 0.25) is 0 Å². The zero-order chi connectivity index (χ0) is 15.6. The number of hydrogen-bond acceptors (Lipinski definition) is 4. The molecule has 6 heteroatoms. The van der Waals surface area contributed by atoms with Crippen molar-refractivity contribution >= 4 is 11.9 Å². The van der Waals surface area contributed by atoms with Crippen LogP contribution in [0.4, 0.5) is 0 Å². The highest BCUT2D eigenvalue weighted by molar-refractivity contribution is 5.79. The normalized spacial score (nSPS) is 18.1. The Labute approximate surface area is 121 Å². The van der Waals surface area contributed by atoms with Crippen LogP contribution in [0.25, 0.3) is 0 Å². The molecule has 0 atom stereocenters. The van der Waals surface area contributed by atoms with E-state index in [1.165, 1.54) is 0 Å². The van der Waals surface area contributed by atoms with Crippen molar-refractivity contribution in [3.05, 3.63) is 0 Å². The van der Waals surface area contributed by atoms with Crippen molar-refractivity contribution in [1.82, 2.24) is 15.1 Å². The van der Waals surface area contributed by atoms with Crippen LogP contribution in [-0.4, -0.2) is 72.1 Å². The summed E-state index contributed by atoms with van der Waals surface area (Å²) in [6, 6.07) is 0. The molecule has 0 aromatic heterocycles. The maximum Gasteiger partial charge on any atom is 0.310 e. The van der Waals surface area contributed by atoms with E-state index in [-0.39, 0.29) is 12.5 Å². The van der Waals surface area contributed by atoms with Gasteiger partial charge in [0.1, 0.15) is 0 Å². The van der Waals surface area contributed by atoms with Gasteiger partial charge in [0.25, 0.3) is 0 Å². The first kappa shape index (κ1) is 16.9. The van der Waals surface area contributed by atoms with Gasteiger partial charge in [-0.3, -0.25) is 9.59 Å². The summed E-state index contributed by atoms with van der Waals surface area (Å²) in [4.78, 5) is 27.5. The zero-order valence-electron chi connectivity index (χ0n) is 13.2. The Morgan fingerprint density at radius 3 is 2.05 bits per heavy atom. The second-order valence-electron chi connectivity index (χ2n) is 6.59. The van der Waals surface area contributed by atoms with Crippen molar-refractivity contribution in [3.8, 4) is 0 Å². The Morgan fingerprint density at radius 2 is 1.60 bits per heavy atom. The molecule has 1 fully saturated rings. The quantitative estimate of drug-likeness (QED) is 0.757. The maximum absolute atomic E-state index is 12.1. The lowest BCUT2D eigenvalue weighted by Crippen LogP contribution is -2.58. The molecule has 116 valence electrons. The highest BCUT2D eigenvalue weighted by Crippen LogP contribution is 2.30. The van der Waals surface area contributed by atoms with Crippen molar-refractivity contribution in [3.63, 3.8) is 0 Å². The molecule has 0 radical (unpaired) electrons. The Kier molecular flexibility index (Phi) is 5.15. The van der Waals surface area contributed by atoms with Gasteiger partial charge in [-0.1, -0.05) is 0 Å². The summed E-state index contributed by atoms with van der Waals surface area (Å²) < 4.78 is 0. The predicted molar refractivity (Wildman–Crippen MR) is 77.6 cm³/mol. The number of nitrogens with one attached hydrogen (secondary N) is 1. The Morgan fingerprint density at radius 1 is 1.10 bits per heavy atom. The number of carboxylic acid groups (broad SMARTS) is 1. The fraction of sp³-hybridized carbons (Fsp3) is 0.857. The summed E-state index contributed by atoms with van der Waals surface area (Å²) in [6.07, 6.45) is 0. The minimum Gasteiger partial charge on any atom is -0.481 e. The summed E-state index contributed by atoms with van der Waals surface area (Å²) in [7, 11) is 2.04. The molecule has 1 amide bonds. The fourth-order valence-electron chi connectivity index (χ4n) is 1.95. The van der Waals surface area contributed by atoms with Crippen LogP contribution in [0, 0.1) is 5.41 Å². The molecule has 0 aromatic rings. The molecule has 1 rings (SSSR count). The summed E-state index contributed by atoms with van der Waals surface area (Å²) in [5, 5.41) is 12.4. The first-order chi connectivity index (χ1) is 9.08. The van der Waals surface area contributed by atoms with E-state index < -0.39 is 16.9 Å². The average Bonchev–Trinajstić information content (AvgIpc) is 2.36. The highest BCUT2D eigenvalue weighted by Gasteiger charge is 2.43. The van der Waals surface area contributed by atoms with Gasteiger partial charge in [0.05, 0.1) is 12.0 Å². The summed E-state index contributed by atoms with van der Waals surface area (Å²) in [6.45, 7) is 10.4. The molecule has 2 N–H and O–H groups in total. The second kappa shape index (κ2) is 6.10. The number of carboxylic acids is 1. The average molecular weight is 285 g/mol.